The molecule has 0 saturated carbocycles. The van der Waals surface area contributed by atoms with Gasteiger partial charge in [0.05, 0.1) is 6.04 Å². The Kier molecular flexibility index (Phi) is 5.56. The first kappa shape index (κ1) is 18.0. The fraction of sp³-hybridized carbons (Fsp3) is 0.333. The van der Waals surface area contributed by atoms with E-state index < -0.39 is 12.1 Å². The Hall–Kier alpha value is -2.82. The molecule has 5 nitrogen and oxygen atoms in total. The van der Waals surface area contributed by atoms with Crippen molar-refractivity contribution in [2.75, 3.05) is 6.67 Å². The highest BCUT2D eigenvalue weighted by Crippen LogP contribution is 2.28. The van der Waals surface area contributed by atoms with Gasteiger partial charge in [-0.25, -0.2) is 4.79 Å². The Morgan fingerprint density at radius 3 is 2.35 bits per heavy atom. The van der Waals surface area contributed by atoms with Crippen LogP contribution in [0.4, 0.5) is 4.79 Å². The van der Waals surface area contributed by atoms with Crippen molar-refractivity contribution in [2.45, 2.75) is 39.0 Å². The molecule has 1 aliphatic heterocycles. The number of benzene rings is 2. The predicted octanol–water partition coefficient (Wildman–Crippen LogP) is 3.96. The van der Waals surface area contributed by atoms with E-state index in [9.17, 15) is 9.59 Å². The van der Waals surface area contributed by atoms with Gasteiger partial charge in [-0.3, -0.25) is 9.69 Å². The molecule has 0 radical (unpaired) electrons. The summed E-state index contributed by atoms with van der Waals surface area (Å²) in [5, 5.41) is 0. The van der Waals surface area contributed by atoms with Gasteiger partial charge >= 0.3 is 6.09 Å². The molecule has 5 heteroatoms. The first-order valence-corrected chi connectivity index (χ1v) is 8.94. The van der Waals surface area contributed by atoms with Crippen LogP contribution in [0.5, 0.6) is 0 Å². The maximum atomic E-state index is 12.8. The van der Waals surface area contributed by atoms with Gasteiger partial charge in [-0.1, -0.05) is 67.6 Å². The average Bonchev–Trinajstić information content (AvgIpc) is 3.03. The molecule has 2 amide bonds. The van der Waals surface area contributed by atoms with Crippen LogP contribution in [0.15, 0.2) is 60.7 Å². The van der Waals surface area contributed by atoms with Crippen molar-refractivity contribution in [1.82, 2.24) is 9.80 Å². The Morgan fingerprint density at radius 2 is 1.73 bits per heavy atom. The summed E-state index contributed by atoms with van der Waals surface area (Å²) in [5.74, 6) is -0.0273. The fourth-order valence-corrected chi connectivity index (χ4v) is 3.26. The van der Waals surface area contributed by atoms with Gasteiger partial charge in [0.2, 0.25) is 5.91 Å². The van der Waals surface area contributed by atoms with E-state index >= 15 is 0 Å². The Morgan fingerprint density at radius 1 is 1.12 bits per heavy atom. The molecule has 136 valence electrons. The summed E-state index contributed by atoms with van der Waals surface area (Å²) >= 11 is 0. The SMILES string of the molecule is CC[C@H]1C(=O)N([C@@H](C)c2ccccc2)CN1C(=O)OCc1ccccc1. The minimum absolute atomic E-state index is 0.0273. The van der Waals surface area contributed by atoms with E-state index in [0.29, 0.717) is 6.42 Å². The van der Waals surface area contributed by atoms with E-state index in [1.807, 2.05) is 74.5 Å². The minimum atomic E-state index is -0.468. The normalized spacial score (nSPS) is 18.1. The summed E-state index contributed by atoms with van der Waals surface area (Å²) < 4.78 is 5.43. The molecule has 2 atom stereocenters. The third-order valence-electron chi connectivity index (χ3n) is 4.82. The Labute approximate surface area is 154 Å². The third-order valence-corrected chi connectivity index (χ3v) is 4.82. The van der Waals surface area contributed by atoms with Gasteiger partial charge in [0, 0.05) is 0 Å². The molecule has 2 aromatic rings. The second kappa shape index (κ2) is 8.04. The number of carbonyl (C=O) groups excluding carboxylic acids is 2. The van der Waals surface area contributed by atoms with Crippen molar-refractivity contribution in [1.29, 1.82) is 0 Å². The smallest absolute Gasteiger partial charge is 0.412 e. The largest absolute Gasteiger partial charge is 0.444 e. The van der Waals surface area contributed by atoms with E-state index in [1.54, 1.807) is 4.90 Å². The van der Waals surface area contributed by atoms with E-state index in [0.717, 1.165) is 11.1 Å². The summed E-state index contributed by atoms with van der Waals surface area (Å²) in [6, 6.07) is 18.8. The van der Waals surface area contributed by atoms with Crippen molar-refractivity contribution in [3.63, 3.8) is 0 Å². The lowest BCUT2D eigenvalue weighted by Gasteiger charge is -2.25. The fourth-order valence-electron chi connectivity index (χ4n) is 3.26. The molecule has 1 fully saturated rings. The molecule has 2 aromatic carbocycles. The number of hydrogen-bond donors (Lipinski definition) is 0. The quantitative estimate of drug-likeness (QED) is 0.818. The summed E-state index contributed by atoms with van der Waals surface area (Å²) in [6.45, 7) is 4.35. The van der Waals surface area contributed by atoms with Crippen molar-refractivity contribution in [3.8, 4) is 0 Å². The second-order valence-corrected chi connectivity index (χ2v) is 6.47. The zero-order valence-corrected chi connectivity index (χ0v) is 15.2. The van der Waals surface area contributed by atoms with E-state index in [4.69, 9.17) is 4.74 Å². The van der Waals surface area contributed by atoms with Gasteiger partial charge in [-0.2, -0.15) is 0 Å². The molecule has 1 saturated heterocycles. The maximum Gasteiger partial charge on any atom is 0.412 e. The van der Waals surface area contributed by atoms with Crippen molar-refractivity contribution in [3.05, 3.63) is 71.8 Å². The van der Waals surface area contributed by atoms with Crippen LogP contribution in [0.1, 0.15) is 37.4 Å². The molecular formula is C21H24N2O3. The molecular weight excluding hydrogens is 328 g/mol. The van der Waals surface area contributed by atoms with Gasteiger partial charge in [0.25, 0.3) is 0 Å². The van der Waals surface area contributed by atoms with Gasteiger partial charge in [-0.05, 0) is 24.5 Å². The summed E-state index contributed by atoms with van der Waals surface area (Å²) in [7, 11) is 0. The highest BCUT2D eigenvalue weighted by molar-refractivity contribution is 5.89. The van der Waals surface area contributed by atoms with Crippen molar-refractivity contribution in [2.24, 2.45) is 0 Å². The van der Waals surface area contributed by atoms with Gasteiger partial charge in [0.15, 0.2) is 0 Å². The summed E-state index contributed by atoms with van der Waals surface area (Å²) in [6.07, 6.45) is 0.119. The molecule has 1 heterocycles. The zero-order valence-electron chi connectivity index (χ0n) is 15.2. The third kappa shape index (κ3) is 3.72. The van der Waals surface area contributed by atoms with E-state index in [1.165, 1.54) is 4.90 Å². The zero-order chi connectivity index (χ0) is 18.5. The summed E-state index contributed by atoms with van der Waals surface area (Å²) in [4.78, 5) is 28.7. The Balaban J connectivity index is 1.69. The lowest BCUT2D eigenvalue weighted by atomic mass is 10.1. The second-order valence-electron chi connectivity index (χ2n) is 6.47. The monoisotopic (exact) mass is 352 g/mol. The van der Waals surface area contributed by atoms with Gasteiger partial charge in [0.1, 0.15) is 19.3 Å². The number of hydrogen-bond acceptors (Lipinski definition) is 3. The molecule has 0 aromatic heterocycles. The number of ether oxygens (including phenoxy) is 1. The molecule has 1 aliphatic rings. The highest BCUT2D eigenvalue weighted by Gasteiger charge is 2.42. The number of rotatable bonds is 5. The van der Waals surface area contributed by atoms with Gasteiger partial charge < -0.3 is 9.64 Å². The van der Waals surface area contributed by atoms with Crippen molar-refractivity contribution < 1.29 is 14.3 Å². The van der Waals surface area contributed by atoms with Crippen LogP contribution >= 0.6 is 0 Å². The van der Waals surface area contributed by atoms with Gasteiger partial charge in [-0.15, -0.1) is 0 Å². The topological polar surface area (TPSA) is 49.9 Å². The summed E-state index contributed by atoms with van der Waals surface area (Å²) in [5.41, 5.74) is 1.98. The predicted molar refractivity (Wildman–Crippen MR) is 99.1 cm³/mol. The van der Waals surface area contributed by atoms with Crippen molar-refractivity contribution >= 4 is 12.0 Å². The maximum absolute atomic E-state index is 12.8. The van der Waals surface area contributed by atoms with Crippen LogP contribution in [-0.4, -0.2) is 34.5 Å². The lowest BCUT2D eigenvalue weighted by Crippen LogP contribution is -2.37. The van der Waals surface area contributed by atoms with Crippen LogP contribution in [0, 0.1) is 0 Å². The molecule has 26 heavy (non-hydrogen) atoms. The van der Waals surface area contributed by atoms with Crippen LogP contribution in [0.3, 0.4) is 0 Å². The number of carbonyl (C=O) groups is 2. The average molecular weight is 352 g/mol. The van der Waals surface area contributed by atoms with Crippen LogP contribution in [-0.2, 0) is 16.1 Å². The standard InChI is InChI=1S/C21H24N2O3/c1-3-19-20(24)22(16(2)18-12-8-5-9-13-18)15-23(19)21(25)26-14-17-10-6-4-7-11-17/h4-13,16,19H,3,14-15H2,1-2H3/t16-,19-/m0/s1. The highest BCUT2D eigenvalue weighted by atomic mass is 16.6. The molecule has 3 rings (SSSR count). The minimum Gasteiger partial charge on any atom is -0.444 e. The lowest BCUT2D eigenvalue weighted by molar-refractivity contribution is -0.131. The van der Waals surface area contributed by atoms with Crippen LogP contribution in [0.2, 0.25) is 0 Å². The molecule has 0 bridgehead atoms. The van der Waals surface area contributed by atoms with Crippen LogP contribution < -0.4 is 0 Å². The first-order chi connectivity index (χ1) is 12.6. The molecule has 0 unspecified atom stereocenters. The Bertz CT molecular complexity index is 748. The first-order valence-electron chi connectivity index (χ1n) is 8.94. The number of amides is 2. The van der Waals surface area contributed by atoms with E-state index in [-0.39, 0.29) is 25.2 Å². The van der Waals surface area contributed by atoms with Crippen LogP contribution in [0.25, 0.3) is 0 Å². The molecule has 0 spiro atoms. The molecule has 0 N–H and O–H groups in total. The number of nitrogens with zero attached hydrogens (tertiary/aromatic N) is 2. The van der Waals surface area contributed by atoms with E-state index in [2.05, 4.69) is 0 Å². The molecule has 0 aliphatic carbocycles.